The summed E-state index contributed by atoms with van der Waals surface area (Å²) in [6.07, 6.45) is 0.210. The summed E-state index contributed by atoms with van der Waals surface area (Å²) >= 11 is 0. The van der Waals surface area contributed by atoms with E-state index >= 15 is 0 Å². The fourth-order valence-corrected chi connectivity index (χ4v) is 2.75. The van der Waals surface area contributed by atoms with Crippen molar-refractivity contribution < 1.29 is 33.8 Å². The van der Waals surface area contributed by atoms with Crippen LogP contribution in [-0.4, -0.2) is 59.4 Å². The van der Waals surface area contributed by atoms with Gasteiger partial charge in [0.15, 0.2) is 12.6 Å². The van der Waals surface area contributed by atoms with Gasteiger partial charge < -0.3 is 37.7 Å². The van der Waals surface area contributed by atoms with Gasteiger partial charge >= 0.3 is 5.97 Å². The summed E-state index contributed by atoms with van der Waals surface area (Å²) in [4.78, 5) is 61.1. The molecule has 0 saturated heterocycles. The van der Waals surface area contributed by atoms with Gasteiger partial charge in [-0.3, -0.25) is 19.2 Å². The number of guanidine groups is 1. The number of aliphatic imine (C=N–C) groups is 1. The molecular formula is C24H30N6O7. The van der Waals surface area contributed by atoms with Gasteiger partial charge in [-0.15, -0.1) is 0 Å². The number of carbonyl (C=O) groups excluding carboxylic acids is 4. The van der Waals surface area contributed by atoms with Gasteiger partial charge in [-0.1, -0.05) is 30.3 Å². The number of hydrogen-bond donors (Lipinski definition) is 6. The van der Waals surface area contributed by atoms with Gasteiger partial charge in [0.25, 0.3) is 11.9 Å². The summed E-state index contributed by atoms with van der Waals surface area (Å²) in [5, 5.41) is 12.3. The van der Waals surface area contributed by atoms with Gasteiger partial charge in [-0.2, -0.15) is 0 Å². The SMILES string of the molecule is CC(=O)O.C[C@H](NC(=O)COC(=O)c1ccc(N=C(N)N)cc1)C(=O)N[C@@H](Cc1ccccc1)C(N)=O. The second kappa shape index (κ2) is 15.1. The number of carbonyl (C=O) groups is 5. The van der Waals surface area contributed by atoms with Gasteiger partial charge in [-0.25, -0.2) is 9.79 Å². The van der Waals surface area contributed by atoms with E-state index in [1.54, 1.807) is 24.3 Å². The van der Waals surface area contributed by atoms with E-state index in [1.807, 2.05) is 6.07 Å². The molecule has 2 atom stereocenters. The van der Waals surface area contributed by atoms with Crippen molar-refractivity contribution >= 4 is 41.3 Å². The van der Waals surface area contributed by atoms with Crippen LogP contribution in [0.1, 0.15) is 29.8 Å². The third-order valence-corrected chi connectivity index (χ3v) is 4.41. The molecule has 0 radical (unpaired) electrons. The van der Waals surface area contributed by atoms with E-state index in [4.69, 9.17) is 31.8 Å². The highest BCUT2D eigenvalue weighted by molar-refractivity contribution is 5.94. The molecule has 2 rings (SSSR count). The Morgan fingerprint density at radius 3 is 2.03 bits per heavy atom. The van der Waals surface area contributed by atoms with E-state index in [0.717, 1.165) is 12.5 Å². The summed E-state index contributed by atoms with van der Waals surface area (Å²) in [5.41, 5.74) is 17.4. The van der Waals surface area contributed by atoms with Crippen molar-refractivity contribution in [2.75, 3.05) is 6.61 Å². The summed E-state index contributed by atoms with van der Waals surface area (Å²) in [6.45, 7) is 1.91. The van der Waals surface area contributed by atoms with Crippen molar-refractivity contribution in [2.24, 2.45) is 22.2 Å². The van der Waals surface area contributed by atoms with Crippen molar-refractivity contribution in [1.29, 1.82) is 0 Å². The highest BCUT2D eigenvalue weighted by Gasteiger charge is 2.23. The number of benzene rings is 2. The molecule has 0 heterocycles. The Bertz CT molecular complexity index is 1110. The zero-order chi connectivity index (χ0) is 28.0. The van der Waals surface area contributed by atoms with Crippen molar-refractivity contribution in [3.05, 3.63) is 65.7 Å². The number of ether oxygens (including phenoxy) is 1. The Hall–Kier alpha value is -4.94. The number of primary amides is 1. The maximum Gasteiger partial charge on any atom is 0.338 e. The molecule has 2 aromatic rings. The lowest BCUT2D eigenvalue weighted by Crippen LogP contribution is -2.53. The predicted octanol–water partition coefficient (Wildman–Crippen LogP) is -0.443. The highest BCUT2D eigenvalue weighted by atomic mass is 16.5. The molecule has 2 aromatic carbocycles. The molecular weight excluding hydrogens is 484 g/mol. The third-order valence-electron chi connectivity index (χ3n) is 4.41. The molecule has 0 aromatic heterocycles. The molecule has 0 unspecified atom stereocenters. The predicted molar refractivity (Wildman–Crippen MR) is 134 cm³/mol. The molecule has 0 spiro atoms. The molecule has 13 nitrogen and oxygen atoms in total. The van der Waals surface area contributed by atoms with E-state index in [2.05, 4.69) is 15.6 Å². The first-order valence-corrected chi connectivity index (χ1v) is 10.9. The van der Waals surface area contributed by atoms with Crippen molar-refractivity contribution in [3.63, 3.8) is 0 Å². The quantitative estimate of drug-likeness (QED) is 0.137. The van der Waals surface area contributed by atoms with Crippen LogP contribution in [0.4, 0.5) is 5.69 Å². The van der Waals surface area contributed by atoms with Crippen LogP contribution in [0.3, 0.4) is 0 Å². The number of nitrogens with two attached hydrogens (primary N) is 3. The van der Waals surface area contributed by atoms with Crippen LogP contribution in [0.5, 0.6) is 0 Å². The van der Waals surface area contributed by atoms with Crippen LogP contribution < -0.4 is 27.8 Å². The molecule has 3 amide bonds. The summed E-state index contributed by atoms with van der Waals surface area (Å²) in [5.74, 6) is -3.70. The van der Waals surface area contributed by atoms with Crippen LogP contribution in [-0.2, 0) is 30.3 Å². The number of carboxylic acid groups (broad SMARTS) is 1. The zero-order valence-electron chi connectivity index (χ0n) is 20.3. The fraction of sp³-hybridized carbons (Fsp3) is 0.250. The van der Waals surface area contributed by atoms with Gasteiger partial charge in [-0.05, 0) is 36.8 Å². The maximum atomic E-state index is 12.4. The van der Waals surface area contributed by atoms with E-state index < -0.39 is 48.4 Å². The molecule has 0 aliphatic rings. The first-order valence-electron chi connectivity index (χ1n) is 10.9. The Labute approximate surface area is 213 Å². The molecule has 0 aliphatic heterocycles. The molecule has 0 aliphatic carbocycles. The second-order valence-corrected chi connectivity index (χ2v) is 7.62. The molecule has 13 heteroatoms. The lowest BCUT2D eigenvalue weighted by atomic mass is 10.1. The second-order valence-electron chi connectivity index (χ2n) is 7.62. The number of esters is 1. The third kappa shape index (κ3) is 12.4. The van der Waals surface area contributed by atoms with Crippen LogP contribution in [0.25, 0.3) is 0 Å². The molecule has 0 fully saturated rings. The zero-order valence-corrected chi connectivity index (χ0v) is 20.3. The smallest absolute Gasteiger partial charge is 0.338 e. The van der Waals surface area contributed by atoms with E-state index in [1.165, 1.54) is 31.2 Å². The van der Waals surface area contributed by atoms with Gasteiger partial charge in [0.2, 0.25) is 11.8 Å². The lowest BCUT2D eigenvalue weighted by Gasteiger charge is -2.19. The number of nitrogens with one attached hydrogen (secondary N) is 2. The summed E-state index contributed by atoms with van der Waals surface area (Å²) in [6, 6.07) is 13.0. The first kappa shape index (κ1) is 30.1. The minimum atomic E-state index is -0.993. The Kier molecular flexibility index (Phi) is 12.3. The number of rotatable bonds is 10. The van der Waals surface area contributed by atoms with Crippen LogP contribution in [0.2, 0.25) is 0 Å². The normalized spacial score (nSPS) is 11.4. The van der Waals surface area contributed by atoms with E-state index in [9.17, 15) is 19.2 Å². The topological polar surface area (TPSA) is 229 Å². The van der Waals surface area contributed by atoms with Crippen LogP contribution in [0.15, 0.2) is 59.6 Å². The van der Waals surface area contributed by atoms with Gasteiger partial charge in [0.1, 0.15) is 12.1 Å². The number of aliphatic carboxylic acids is 1. The monoisotopic (exact) mass is 514 g/mol. The van der Waals surface area contributed by atoms with Crippen LogP contribution in [0, 0.1) is 0 Å². The number of carboxylic acids is 1. The summed E-state index contributed by atoms with van der Waals surface area (Å²) < 4.78 is 4.95. The minimum Gasteiger partial charge on any atom is -0.481 e. The van der Waals surface area contributed by atoms with Crippen molar-refractivity contribution in [2.45, 2.75) is 32.4 Å². The highest BCUT2D eigenvalue weighted by Crippen LogP contribution is 2.13. The van der Waals surface area contributed by atoms with E-state index in [-0.39, 0.29) is 17.9 Å². The molecule has 0 bridgehead atoms. The average molecular weight is 515 g/mol. The molecule has 37 heavy (non-hydrogen) atoms. The minimum absolute atomic E-state index is 0.123. The van der Waals surface area contributed by atoms with Crippen molar-refractivity contribution in [3.8, 4) is 0 Å². The number of amides is 3. The Morgan fingerprint density at radius 1 is 0.946 bits per heavy atom. The number of nitrogens with zero attached hydrogens (tertiary/aromatic N) is 1. The van der Waals surface area contributed by atoms with Gasteiger partial charge in [0, 0.05) is 13.3 Å². The van der Waals surface area contributed by atoms with Gasteiger partial charge in [0.05, 0.1) is 11.3 Å². The fourth-order valence-electron chi connectivity index (χ4n) is 2.75. The largest absolute Gasteiger partial charge is 0.481 e. The average Bonchev–Trinajstić information content (AvgIpc) is 2.82. The molecule has 198 valence electrons. The maximum absolute atomic E-state index is 12.4. The molecule has 9 N–H and O–H groups in total. The lowest BCUT2D eigenvalue weighted by molar-refractivity contribution is -0.134. The first-order chi connectivity index (χ1) is 17.4. The molecule has 0 saturated carbocycles. The van der Waals surface area contributed by atoms with Crippen LogP contribution >= 0.6 is 0 Å². The standard InChI is InChI=1S/C22H26N6O5.C2H4O2/c1-13(20(31)28-17(19(23)30)11-14-5-3-2-4-6-14)26-18(29)12-33-21(32)15-7-9-16(10-8-15)27-22(24)25;1-2(3)4/h2-10,13,17H,11-12H2,1H3,(H2,23,30)(H,26,29)(H,28,31)(H4,24,25,27);1H3,(H,3,4)/t13-,17-;/m0./s1. The Morgan fingerprint density at radius 2 is 1.51 bits per heavy atom. The summed E-state index contributed by atoms with van der Waals surface area (Å²) in [7, 11) is 0. The number of hydrogen-bond acceptors (Lipinski definition) is 7. The Balaban J connectivity index is 0.00000159. The van der Waals surface area contributed by atoms with Crippen molar-refractivity contribution in [1.82, 2.24) is 10.6 Å². The van der Waals surface area contributed by atoms with E-state index in [0.29, 0.717) is 5.69 Å².